The van der Waals surface area contributed by atoms with Crippen LogP contribution in [0.25, 0.3) is 16.7 Å². The topological polar surface area (TPSA) is 30.7 Å². The summed E-state index contributed by atoms with van der Waals surface area (Å²) in [6.07, 6.45) is 0.290. The number of nitrogens with zero attached hydrogens (tertiary/aromatic N) is 3. The number of hydrogen-bond acceptors (Lipinski definition) is 2. The number of fused-ring (bicyclic) bond motifs is 1. The van der Waals surface area contributed by atoms with Gasteiger partial charge in [-0.3, -0.25) is 0 Å². The van der Waals surface area contributed by atoms with E-state index in [1.807, 2.05) is 12.1 Å². The minimum atomic E-state index is -0.585. The molecule has 0 aliphatic carbocycles. The van der Waals surface area contributed by atoms with E-state index in [2.05, 4.69) is 10.3 Å². The Bertz CT molecular complexity index is 750. The van der Waals surface area contributed by atoms with Gasteiger partial charge < -0.3 is 0 Å². The van der Waals surface area contributed by atoms with E-state index in [1.54, 1.807) is 19.1 Å². The van der Waals surface area contributed by atoms with Crippen LogP contribution in [0.5, 0.6) is 0 Å². The Morgan fingerprint density at radius 2 is 1.89 bits per heavy atom. The second-order valence-corrected chi connectivity index (χ2v) is 4.20. The Kier molecular flexibility index (Phi) is 2.74. The lowest BCUT2D eigenvalue weighted by Crippen LogP contribution is -2.04. The van der Waals surface area contributed by atoms with E-state index in [4.69, 9.17) is 0 Å². The largest absolute Gasteiger partial charge is 0.210 e. The van der Waals surface area contributed by atoms with Crippen molar-refractivity contribution in [3.05, 3.63) is 53.6 Å². The highest BCUT2D eigenvalue weighted by molar-refractivity contribution is 5.76. The van der Waals surface area contributed by atoms with Gasteiger partial charge in [0.2, 0.25) is 0 Å². The predicted molar refractivity (Wildman–Crippen MR) is 68.2 cm³/mol. The fraction of sp³-hybridized carbons (Fsp3) is 0.143. The third-order valence-corrected chi connectivity index (χ3v) is 3.10. The molecule has 3 nitrogen and oxygen atoms in total. The Hall–Kier alpha value is -2.30. The summed E-state index contributed by atoms with van der Waals surface area (Å²) in [6, 6.07) is 9.88. The molecule has 0 radical (unpaired) electrons. The molecule has 0 atom stereocenters. The first-order valence-electron chi connectivity index (χ1n) is 6.00. The molecule has 0 fully saturated rings. The molecule has 0 bridgehead atoms. The molecule has 0 spiro atoms. The van der Waals surface area contributed by atoms with E-state index in [0.29, 0.717) is 11.0 Å². The van der Waals surface area contributed by atoms with Gasteiger partial charge in [0.25, 0.3) is 0 Å². The molecular formula is C14H11F2N3. The van der Waals surface area contributed by atoms with Crippen LogP contribution in [0.4, 0.5) is 8.78 Å². The first-order valence-corrected chi connectivity index (χ1v) is 6.00. The van der Waals surface area contributed by atoms with Gasteiger partial charge >= 0.3 is 0 Å². The molecule has 1 aromatic heterocycles. The lowest BCUT2D eigenvalue weighted by atomic mass is 10.1. The lowest BCUT2D eigenvalue weighted by molar-refractivity contribution is 0.550. The molecule has 1 heterocycles. The van der Waals surface area contributed by atoms with E-state index >= 15 is 0 Å². The Balaban J connectivity index is 2.28. The van der Waals surface area contributed by atoms with Crippen LogP contribution in [-0.2, 0) is 6.42 Å². The molecule has 0 saturated carbocycles. The molecule has 0 N–H and O–H groups in total. The van der Waals surface area contributed by atoms with E-state index < -0.39 is 11.6 Å². The summed E-state index contributed by atoms with van der Waals surface area (Å²) in [4.78, 5) is 0. The molecule has 2 aromatic carbocycles. The smallest absolute Gasteiger partial charge is 0.155 e. The highest BCUT2D eigenvalue weighted by Gasteiger charge is 2.16. The summed E-state index contributed by atoms with van der Waals surface area (Å²) in [5.41, 5.74) is 1.64. The number of halogens is 2. The maximum Gasteiger partial charge on any atom is 0.155 e. The van der Waals surface area contributed by atoms with Crippen LogP contribution in [0.1, 0.15) is 12.5 Å². The molecule has 3 rings (SSSR count). The van der Waals surface area contributed by atoms with Crippen molar-refractivity contribution >= 4 is 11.0 Å². The average molecular weight is 259 g/mol. The van der Waals surface area contributed by atoms with Crippen molar-refractivity contribution in [2.75, 3.05) is 0 Å². The summed E-state index contributed by atoms with van der Waals surface area (Å²) in [5, 5.41) is 7.90. The molecule has 19 heavy (non-hydrogen) atoms. The summed E-state index contributed by atoms with van der Waals surface area (Å²) < 4.78 is 29.2. The quantitative estimate of drug-likeness (QED) is 0.707. The van der Waals surface area contributed by atoms with Crippen molar-refractivity contribution in [3.8, 4) is 5.69 Å². The zero-order valence-corrected chi connectivity index (χ0v) is 10.3. The van der Waals surface area contributed by atoms with E-state index in [1.165, 1.54) is 16.8 Å². The molecule has 0 aliphatic rings. The lowest BCUT2D eigenvalue weighted by Gasteiger charge is -2.08. The SMILES string of the molecule is CCc1c(F)ccc(-n2nnc3ccccc32)c1F. The number of para-hydroxylation sites is 1. The van der Waals surface area contributed by atoms with Gasteiger partial charge in [0.1, 0.15) is 17.0 Å². The van der Waals surface area contributed by atoms with Gasteiger partial charge in [0, 0.05) is 5.56 Å². The third-order valence-electron chi connectivity index (χ3n) is 3.10. The summed E-state index contributed by atoms with van der Waals surface area (Å²) in [5.74, 6) is -1.12. The van der Waals surface area contributed by atoms with Gasteiger partial charge in [-0.25, -0.2) is 13.5 Å². The van der Waals surface area contributed by atoms with Crippen LogP contribution in [0.2, 0.25) is 0 Å². The highest BCUT2D eigenvalue weighted by Crippen LogP contribution is 2.23. The van der Waals surface area contributed by atoms with E-state index in [-0.39, 0.29) is 17.7 Å². The molecule has 0 amide bonds. The van der Waals surface area contributed by atoms with Crippen LogP contribution in [0, 0.1) is 11.6 Å². The third kappa shape index (κ3) is 1.78. The summed E-state index contributed by atoms with van der Waals surface area (Å²) in [7, 11) is 0. The molecule has 96 valence electrons. The van der Waals surface area contributed by atoms with Gasteiger partial charge in [0.05, 0.1) is 5.52 Å². The Morgan fingerprint density at radius 3 is 2.68 bits per heavy atom. The van der Waals surface area contributed by atoms with E-state index in [0.717, 1.165) is 0 Å². The van der Waals surface area contributed by atoms with Crippen LogP contribution < -0.4 is 0 Å². The first kappa shape index (κ1) is 11.8. The van der Waals surface area contributed by atoms with Crippen molar-refractivity contribution < 1.29 is 8.78 Å². The first-order chi connectivity index (χ1) is 9.22. The maximum absolute atomic E-state index is 14.3. The zero-order valence-electron chi connectivity index (χ0n) is 10.3. The minimum Gasteiger partial charge on any atom is -0.210 e. The van der Waals surface area contributed by atoms with Gasteiger partial charge in [-0.1, -0.05) is 24.3 Å². The summed E-state index contributed by atoms with van der Waals surface area (Å²) in [6.45, 7) is 1.71. The maximum atomic E-state index is 14.3. The predicted octanol–water partition coefficient (Wildman–Crippen LogP) is 3.26. The molecule has 0 unspecified atom stereocenters. The second-order valence-electron chi connectivity index (χ2n) is 4.20. The fourth-order valence-electron chi connectivity index (χ4n) is 2.12. The van der Waals surface area contributed by atoms with Gasteiger partial charge in [-0.05, 0) is 30.7 Å². The van der Waals surface area contributed by atoms with Gasteiger partial charge in [-0.2, -0.15) is 0 Å². The van der Waals surface area contributed by atoms with Crippen molar-refractivity contribution in [3.63, 3.8) is 0 Å². The minimum absolute atomic E-state index is 0.0667. The fourth-order valence-corrected chi connectivity index (χ4v) is 2.12. The standard InChI is InChI=1S/C14H11F2N3/c1-2-9-10(15)7-8-13(14(9)16)19-12-6-4-3-5-11(12)17-18-19/h3-8H,2H2,1H3. The number of benzene rings is 2. The highest BCUT2D eigenvalue weighted by atomic mass is 19.1. The molecule has 0 aliphatic heterocycles. The van der Waals surface area contributed by atoms with Crippen molar-refractivity contribution in [2.24, 2.45) is 0 Å². The van der Waals surface area contributed by atoms with Gasteiger partial charge in [-0.15, -0.1) is 5.10 Å². The normalized spacial score (nSPS) is 11.1. The van der Waals surface area contributed by atoms with Crippen molar-refractivity contribution in [1.82, 2.24) is 15.0 Å². The molecule has 5 heteroatoms. The number of aromatic nitrogens is 3. The number of hydrogen-bond donors (Lipinski definition) is 0. The van der Waals surface area contributed by atoms with Crippen LogP contribution in [-0.4, -0.2) is 15.0 Å². The average Bonchev–Trinajstić information content (AvgIpc) is 2.83. The van der Waals surface area contributed by atoms with Crippen LogP contribution in [0.15, 0.2) is 36.4 Å². The monoisotopic (exact) mass is 259 g/mol. The van der Waals surface area contributed by atoms with Crippen molar-refractivity contribution in [1.29, 1.82) is 0 Å². The van der Waals surface area contributed by atoms with Crippen molar-refractivity contribution in [2.45, 2.75) is 13.3 Å². The van der Waals surface area contributed by atoms with Crippen LogP contribution in [0.3, 0.4) is 0 Å². The Morgan fingerprint density at radius 1 is 1.11 bits per heavy atom. The van der Waals surface area contributed by atoms with Gasteiger partial charge in [0.15, 0.2) is 5.82 Å². The molecular weight excluding hydrogens is 248 g/mol. The van der Waals surface area contributed by atoms with E-state index in [9.17, 15) is 8.78 Å². The second kappa shape index (κ2) is 4.42. The zero-order chi connectivity index (χ0) is 13.4. The summed E-state index contributed by atoms with van der Waals surface area (Å²) >= 11 is 0. The number of rotatable bonds is 2. The van der Waals surface area contributed by atoms with Crippen LogP contribution >= 0.6 is 0 Å². The Labute approximate surface area is 108 Å². The molecule has 0 saturated heterocycles. The molecule has 3 aromatic rings.